The van der Waals surface area contributed by atoms with Crippen LogP contribution in [-0.2, 0) is 6.42 Å². The van der Waals surface area contributed by atoms with Crippen LogP contribution < -0.4 is 5.73 Å². The van der Waals surface area contributed by atoms with E-state index in [1.54, 1.807) is 0 Å². The Morgan fingerprint density at radius 2 is 1.89 bits per heavy atom. The molecule has 4 nitrogen and oxygen atoms in total. The number of nitrogen functional groups attached to an aromatic ring is 1. The smallest absolute Gasteiger partial charge is 0.0405 e. The molecule has 1 atom stereocenters. The SMILES string of the molecule is CC1C=CC=CC=C1N1CCN(CCCCCc2ccc(C=N)c(N)c2)CC1. The van der Waals surface area contributed by atoms with Crippen LogP contribution >= 0.6 is 0 Å². The first-order chi connectivity index (χ1) is 13.7. The molecule has 3 N–H and O–H groups in total. The topological polar surface area (TPSA) is 56.4 Å². The van der Waals surface area contributed by atoms with E-state index < -0.39 is 0 Å². The summed E-state index contributed by atoms with van der Waals surface area (Å²) >= 11 is 0. The molecule has 0 aromatic heterocycles. The number of rotatable bonds is 8. The van der Waals surface area contributed by atoms with Crippen LogP contribution in [0.2, 0.25) is 0 Å². The van der Waals surface area contributed by atoms with Crippen LogP contribution in [0.4, 0.5) is 5.69 Å². The molecule has 0 amide bonds. The summed E-state index contributed by atoms with van der Waals surface area (Å²) < 4.78 is 0. The zero-order chi connectivity index (χ0) is 19.8. The minimum Gasteiger partial charge on any atom is -0.398 e. The molecule has 3 rings (SSSR count). The summed E-state index contributed by atoms with van der Waals surface area (Å²) in [5, 5.41) is 7.31. The average Bonchev–Trinajstić information content (AvgIpc) is 2.93. The third-order valence-electron chi connectivity index (χ3n) is 5.84. The highest BCUT2D eigenvalue weighted by Gasteiger charge is 2.20. The molecule has 1 aromatic carbocycles. The number of aryl methyl sites for hydroxylation is 1. The largest absolute Gasteiger partial charge is 0.398 e. The van der Waals surface area contributed by atoms with E-state index in [0.29, 0.717) is 5.92 Å². The van der Waals surface area contributed by atoms with Crippen molar-refractivity contribution in [3.63, 3.8) is 0 Å². The summed E-state index contributed by atoms with van der Waals surface area (Å²) in [6.07, 6.45) is 17.1. The number of nitrogens with one attached hydrogen (secondary N) is 1. The van der Waals surface area contributed by atoms with Crippen LogP contribution in [0.5, 0.6) is 0 Å². The van der Waals surface area contributed by atoms with Crippen molar-refractivity contribution in [3.8, 4) is 0 Å². The van der Waals surface area contributed by atoms with Gasteiger partial charge in [-0.2, -0.15) is 0 Å². The zero-order valence-corrected chi connectivity index (χ0v) is 17.1. The average molecular weight is 379 g/mol. The van der Waals surface area contributed by atoms with Gasteiger partial charge in [0.05, 0.1) is 0 Å². The van der Waals surface area contributed by atoms with Gasteiger partial charge in [0.2, 0.25) is 0 Å². The number of nitrogens with two attached hydrogens (primary N) is 1. The van der Waals surface area contributed by atoms with Crippen LogP contribution in [0.3, 0.4) is 0 Å². The van der Waals surface area contributed by atoms with Crippen molar-refractivity contribution in [1.82, 2.24) is 9.80 Å². The molecule has 1 unspecified atom stereocenters. The van der Waals surface area contributed by atoms with Gasteiger partial charge in [0.15, 0.2) is 0 Å². The van der Waals surface area contributed by atoms with Gasteiger partial charge in [0.25, 0.3) is 0 Å². The molecule has 1 heterocycles. The Bertz CT molecular complexity index is 739. The van der Waals surface area contributed by atoms with Gasteiger partial charge in [-0.1, -0.05) is 49.8 Å². The fourth-order valence-electron chi connectivity index (χ4n) is 4.08. The summed E-state index contributed by atoms with van der Waals surface area (Å²) in [5.41, 5.74) is 10.2. The highest BCUT2D eigenvalue weighted by atomic mass is 15.3. The van der Waals surface area contributed by atoms with Gasteiger partial charge in [-0.05, 0) is 43.5 Å². The van der Waals surface area contributed by atoms with Crippen LogP contribution in [0.1, 0.15) is 37.3 Å². The van der Waals surface area contributed by atoms with E-state index in [1.807, 2.05) is 12.1 Å². The predicted octanol–water partition coefficient (Wildman–Crippen LogP) is 4.24. The van der Waals surface area contributed by atoms with Crippen molar-refractivity contribution in [1.29, 1.82) is 5.41 Å². The number of piperazine rings is 1. The molecule has 0 spiro atoms. The maximum Gasteiger partial charge on any atom is 0.0405 e. The van der Waals surface area contributed by atoms with E-state index >= 15 is 0 Å². The van der Waals surface area contributed by atoms with E-state index in [-0.39, 0.29) is 0 Å². The molecule has 1 aromatic rings. The van der Waals surface area contributed by atoms with Gasteiger partial charge in [0.1, 0.15) is 0 Å². The molecule has 0 saturated carbocycles. The molecular formula is C24H34N4. The van der Waals surface area contributed by atoms with E-state index in [4.69, 9.17) is 11.1 Å². The van der Waals surface area contributed by atoms with Crippen molar-refractivity contribution in [2.45, 2.75) is 32.6 Å². The van der Waals surface area contributed by atoms with E-state index in [2.05, 4.69) is 53.2 Å². The second-order valence-corrected chi connectivity index (χ2v) is 7.90. The number of nitrogens with zero attached hydrogens (tertiary/aromatic N) is 2. The predicted molar refractivity (Wildman–Crippen MR) is 120 cm³/mol. The van der Waals surface area contributed by atoms with Crippen LogP contribution in [-0.4, -0.2) is 48.7 Å². The molecule has 1 saturated heterocycles. The van der Waals surface area contributed by atoms with E-state index in [1.165, 1.54) is 56.4 Å². The second-order valence-electron chi connectivity index (χ2n) is 7.90. The van der Waals surface area contributed by atoms with Crippen molar-refractivity contribution < 1.29 is 0 Å². The van der Waals surface area contributed by atoms with Gasteiger partial charge < -0.3 is 16.0 Å². The van der Waals surface area contributed by atoms with Crippen molar-refractivity contribution >= 4 is 11.9 Å². The first-order valence-electron chi connectivity index (χ1n) is 10.6. The summed E-state index contributed by atoms with van der Waals surface area (Å²) in [5.74, 6) is 0.503. The Labute approximate surface area is 169 Å². The highest BCUT2D eigenvalue weighted by molar-refractivity contribution is 5.84. The number of hydrogen-bond donors (Lipinski definition) is 2. The number of unbranched alkanes of at least 4 members (excludes halogenated alkanes) is 2. The fourth-order valence-corrected chi connectivity index (χ4v) is 4.08. The molecule has 2 aliphatic rings. The van der Waals surface area contributed by atoms with E-state index in [9.17, 15) is 0 Å². The molecule has 1 aliphatic carbocycles. The minimum absolute atomic E-state index is 0.503. The Kier molecular flexibility index (Phi) is 7.49. The van der Waals surface area contributed by atoms with Crippen molar-refractivity contribution in [2.75, 3.05) is 38.5 Å². The lowest BCUT2D eigenvalue weighted by molar-refractivity contribution is 0.150. The lowest BCUT2D eigenvalue weighted by atomic mass is 10.0. The lowest BCUT2D eigenvalue weighted by Crippen LogP contribution is -2.46. The van der Waals surface area contributed by atoms with Crippen LogP contribution in [0.15, 0.2) is 54.3 Å². The summed E-state index contributed by atoms with van der Waals surface area (Å²) in [6, 6.07) is 6.07. The molecular weight excluding hydrogens is 344 g/mol. The monoisotopic (exact) mass is 378 g/mol. The maximum absolute atomic E-state index is 7.31. The molecule has 4 heteroatoms. The van der Waals surface area contributed by atoms with Crippen molar-refractivity contribution in [2.24, 2.45) is 5.92 Å². The second kappa shape index (κ2) is 10.3. The minimum atomic E-state index is 0.503. The number of allylic oxidation sites excluding steroid dienone is 5. The number of hydrogen-bond acceptors (Lipinski definition) is 4. The third-order valence-corrected chi connectivity index (χ3v) is 5.84. The summed E-state index contributed by atoms with van der Waals surface area (Å²) in [6.45, 7) is 8.09. The molecule has 1 fully saturated rings. The third kappa shape index (κ3) is 5.59. The Hall–Kier alpha value is -2.33. The van der Waals surface area contributed by atoms with Crippen LogP contribution in [0.25, 0.3) is 0 Å². The first-order valence-corrected chi connectivity index (χ1v) is 10.6. The summed E-state index contributed by atoms with van der Waals surface area (Å²) in [4.78, 5) is 5.17. The molecule has 0 radical (unpaired) electrons. The number of anilines is 1. The Morgan fingerprint density at radius 1 is 1.07 bits per heavy atom. The fraction of sp³-hybridized carbons (Fsp3) is 0.458. The van der Waals surface area contributed by atoms with Gasteiger partial charge in [0, 0.05) is 55.3 Å². The summed E-state index contributed by atoms with van der Waals surface area (Å²) in [7, 11) is 0. The van der Waals surface area contributed by atoms with Crippen LogP contribution in [0, 0.1) is 11.3 Å². The van der Waals surface area contributed by atoms with Gasteiger partial charge >= 0.3 is 0 Å². The quantitative estimate of drug-likeness (QED) is 0.404. The molecule has 28 heavy (non-hydrogen) atoms. The van der Waals surface area contributed by atoms with Gasteiger partial charge in [-0.3, -0.25) is 4.90 Å². The van der Waals surface area contributed by atoms with Gasteiger partial charge in [-0.25, -0.2) is 0 Å². The standard InChI is InChI=1S/C24H34N4/c1-20-8-4-2-6-10-24(20)28-16-14-27(15-17-28)13-7-3-5-9-21-11-12-22(19-25)23(26)18-21/h2,4,6,8,10-12,18-20,25H,3,5,7,9,13-17,26H2,1H3. The normalized spacial score (nSPS) is 20.1. The lowest BCUT2D eigenvalue weighted by Gasteiger charge is -2.38. The van der Waals surface area contributed by atoms with Gasteiger partial charge in [-0.15, -0.1) is 0 Å². The molecule has 0 bridgehead atoms. The zero-order valence-electron chi connectivity index (χ0n) is 17.1. The molecule has 150 valence electrons. The Morgan fingerprint density at radius 3 is 2.64 bits per heavy atom. The first kappa shape index (κ1) is 20.4. The molecule has 1 aliphatic heterocycles. The Balaban J connectivity index is 1.33. The number of benzene rings is 1. The van der Waals surface area contributed by atoms with E-state index in [0.717, 1.165) is 30.8 Å². The maximum atomic E-state index is 7.31. The highest BCUT2D eigenvalue weighted by Crippen LogP contribution is 2.21. The van der Waals surface area contributed by atoms with Crippen molar-refractivity contribution in [3.05, 3.63) is 65.4 Å².